The maximum atomic E-state index is 4.40. The number of hydrogen-bond acceptors (Lipinski definition) is 4. The molecule has 0 atom stereocenters. The molecule has 2 rings (SSSR count). The second-order valence-corrected chi connectivity index (χ2v) is 3.66. The van der Waals surface area contributed by atoms with Gasteiger partial charge < -0.3 is 10.6 Å². The van der Waals surface area contributed by atoms with Gasteiger partial charge in [0.1, 0.15) is 11.6 Å². The van der Waals surface area contributed by atoms with Gasteiger partial charge >= 0.3 is 0 Å². The molecule has 0 spiro atoms. The topological polar surface area (TPSA) is 49.8 Å². The highest BCUT2D eigenvalue weighted by molar-refractivity contribution is 5.34. The standard InChI is InChI=1S/C10H16N4/c1-11-7-10-12-6-5-9(14-10)13-8-3-2-4-8/h5-6,8,11H,2-4,7H2,1H3,(H,12,13,14). The molecule has 0 aromatic carbocycles. The predicted octanol–water partition coefficient (Wildman–Crippen LogP) is 1.16. The van der Waals surface area contributed by atoms with E-state index in [9.17, 15) is 0 Å². The minimum atomic E-state index is 0.632. The van der Waals surface area contributed by atoms with Gasteiger partial charge in [0.25, 0.3) is 0 Å². The average molecular weight is 192 g/mol. The van der Waals surface area contributed by atoms with Gasteiger partial charge in [-0.3, -0.25) is 0 Å². The molecular formula is C10H16N4. The van der Waals surface area contributed by atoms with Crippen LogP contribution < -0.4 is 10.6 Å². The van der Waals surface area contributed by atoms with E-state index in [1.807, 2.05) is 13.1 Å². The van der Waals surface area contributed by atoms with E-state index in [0.29, 0.717) is 6.04 Å². The average Bonchev–Trinajstić information content (AvgIpc) is 2.13. The SMILES string of the molecule is CNCc1nccc(NC2CCC2)n1. The van der Waals surface area contributed by atoms with E-state index in [1.54, 1.807) is 6.20 Å². The van der Waals surface area contributed by atoms with Crippen LogP contribution in [0.4, 0.5) is 5.82 Å². The molecule has 1 saturated carbocycles. The van der Waals surface area contributed by atoms with Gasteiger partial charge in [0.2, 0.25) is 0 Å². The van der Waals surface area contributed by atoms with Crippen molar-refractivity contribution in [2.45, 2.75) is 31.8 Å². The molecule has 0 amide bonds. The van der Waals surface area contributed by atoms with E-state index in [4.69, 9.17) is 0 Å². The smallest absolute Gasteiger partial charge is 0.144 e. The van der Waals surface area contributed by atoms with Crippen LogP contribution in [0.5, 0.6) is 0 Å². The normalized spacial score (nSPS) is 16.4. The summed E-state index contributed by atoms with van der Waals surface area (Å²) in [5.41, 5.74) is 0. The lowest BCUT2D eigenvalue weighted by atomic mass is 9.93. The molecule has 1 aromatic heterocycles. The quantitative estimate of drug-likeness (QED) is 0.751. The molecular weight excluding hydrogens is 176 g/mol. The first kappa shape index (κ1) is 9.40. The lowest BCUT2D eigenvalue weighted by molar-refractivity contribution is 0.444. The number of aromatic nitrogens is 2. The first-order valence-electron chi connectivity index (χ1n) is 5.11. The van der Waals surface area contributed by atoms with Crippen molar-refractivity contribution in [3.63, 3.8) is 0 Å². The zero-order chi connectivity index (χ0) is 9.80. The molecule has 0 bridgehead atoms. The van der Waals surface area contributed by atoms with Crippen LogP contribution in [0.3, 0.4) is 0 Å². The monoisotopic (exact) mass is 192 g/mol. The van der Waals surface area contributed by atoms with E-state index < -0.39 is 0 Å². The zero-order valence-corrected chi connectivity index (χ0v) is 8.45. The predicted molar refractivity (Wildman–Crippen MR) is 56.1 cm³/mol. The lowest BCUT2D eigenvalue weighted by Crippen LogP contribution is -2.27. The highest BCUT2D eigenvalue weighted by atomic mass is 15.1. The van der Waals surface area contributed by atoms with Crippen molar-refractivity contribution in [2.24, 2.45) is 0 Å². The fourth-order valence-corrected chi connectivity index (χ4v) is 1.48. The Labute approximate surface area is 84.2 Å². The summed E-state index contributed by atoms with van der Waals surface area (Å²) < 4.78 is 0. The van der Waals surface area contributed by atoms with E-state index in [1.165, 1.54) is 19.3 Å². The Morgan fingerprint density at radius 3 is 3.00 bits per heavy atom. The molecule has 14 heavy (non-hydrogen) atoms. The summed E-state index contributed by atoms with van der Waals surface area (Å²) in [5, 5.41) is 6.44. The Hall–Kier alpha value is -1.16. The molecule has 76 valence electrons. The highest BCUT2D eigenvalue weighted by Gasteiger charge is 2.17. The third-order valence-electron chi connectivity index (χ3n) is 2.50. The number of rotatable bonds is 4. The van der Waals surface area contributed by atoms with Crippen molar-refractivity contribution in [1.82, 2.24) is 15.3 Å². The van der Waals surface area contributed by atoms with Crippen LogP contribution in [0.15, 0.2) is 12.3 Å². The summed E-state index contributed by atoms with van der Waals surface area (Å²) in [6.07, 6.45) is 5.68. The molecule has 1 aliphatic rings. The third-order valence-corrected chi connectivity index (χ3v) is 2.50. The first-order valence-corrected chi connectivity index (χ1v) is 5.11. The summed E-state index contributed by atoms with van der Waals surface area (Å²) >= 11 is 0. The van der Waals surface area contributed by atoms with Crippen LogP contribution in [0, 0.1) is 0 Å². The molecule has 4 nitrogen and oxygen atoms in total. The Kier molecular flexibility index (Phi) is 2.93. The van der Waals surface area contributed by atoms with E-state index in [-0.39, 0.29) is 0 Å². The van der Waals surface area contributed by atoms with Crippen LogP contribution in [0.2, 0.25) is 0 Å². The van der Waals surface area contributed by atoms with Crippen molar-refractivity contribution in [3.05, 3.63) is 18.1 Å². The Morgan fingerprint density at radius 2 is 2.36 bits per heavy atom. The van der Waals surface area contributed by atoms with Crippen molar-refractivity contribution >= 4 is 5.82 Å². The molecule has 0 saturated heterocycles. The molecule has 0 unspecified atom stereocenters. The molecule has 1 aromatic rings. The van der Waals surface area contributed by atoms with Crippen molar-refractivity contribution < 1.29 is 0 Å². The second-order valence-electron chi connectivity index (χ2n) is 3.66. The number of hydrogen-bond donors (Lipinski definition) is 2. The van der Waals surface area contributed by atoms with Gasteiger partial charge in [-0.2, -0.15) is 0 Å². The largest absolute Gasteiger partial charge is 0.367 e. The van der Waals surface area contributed by atoms with Crippen molar-refractivity contribution in [3.8, 4) is 0 Å². The van der Waals surface area contributed by atoms with Gasteiger partial charge in [0.05, 0.1) is 6.54 Å². The van der Waals surface area contributed by atoms with Crippen LogP contribution in [-0.4, -0.2) is 23.1 Å². The summed E-state index contributed by atoms with van der Waals surface area (Å²) in [6, 6.07) is 2.56. The molecule has 4 heteroatoms. The lowest BCUT2D eigenvalue weighted by Gasteiger charge is -2.26. The number of nitrogens with zero attached hydrogens (tertiary/aromatic N) is 2. The minimum absolute atomic E-state index is 0.632. The van der Waals surface area contributed by atoms with Crippen LogP contribution in [0.1, 0.15) is 25.1 Å². The second kappa shape index (κ2) is 4.37. The van der Waals surface area contributed by atoms with Crippen molar-refractivity contribution in [1.29, 1.82) is 0 Å². The fraction of sp³-hybridized carbons (Fsp3) is 0.600. The van der Waals surface area contributed by atoms with E-state index in [2.05, 4.69) is 20.6 Å². The van der Waals surface area contributed by atoms with Gasteiger partial charge in [0.15, 0.2) is 0 Å². The summed E-state index contributed by atoms with van der Waals surface area (Å²) in [6.45, 7) is 0.722. The first-order chi connectivity index (χ1) is 6.88. The van der Waals surface area contributed by atoms with Crippen LogP contribution in [0.25, 0.3) is 0 Å². The van der Waals surface area contributed by atoms with Gasteiger partial charge in [-0.15, -0.1) is 0 Å². The van der Waals surface area contributed by atoms with Crippen molar-refractivity contribution in [2.75, 3.05) is 12.4 Å². The molecule has 1 aliphatic carbocycles. The maximum absolute atomic E-state index is 4.40. The molecule has 1 fully saturated rings. The maximum Gasteiger partial charge on any atom is 0.144 e. The van der Waals surface area contributed by atoms with Gasteiger partial charge in [-0.1, -0.05) is 0 Å². The molecule has 0 aliphatic heterocycles. The summed E-state index contributed by atoms with van der Waals surface area (Å²) in [4.78, 5) is 8.57. The van der Waals surface area contributed by atoms with Gasteiger partial charge in [-0.25, -0.2) is 9.97 Å². The van der Waals surface area contributed by atoms with E-state index >= 15 is 0 Å². The fourth-order valence-electron chi connectivity index (χ4n) is 1.48. The Balaban J connectivity index is 1.97. The Bertz CT molecular complexity index is 296. The summed E-state index contributed by atoms with van der Waals surface area (Å²) in [7, 11) is 1.90. The minimum Gasteiger partial charge on any atom is -0.367 e. The molecule has 1 heterocycles. The third kappa shape index (κ3) is 2.20. The Morgan fingerprint density at radius 1 is 1.50 bits per heavy atom. The van der Waals surface area contributed by atoms with Crippen LogP contribution in [-0.2, 0) is 6.54 Å². The number of nitrogens with one attached hydrogen (secondary N) is 2. The zero-order valence-electron chi connectivity index (χ0n) is 8.45. The van der Waals surface area contributed by atoms with Gasteiger partial charge in [-0.05, 0) is 32.4 Å². The highest BCUT2D eigenvalue weighted by Crippen LogP contribution is 2.21. The molecule has 0 radical (unpaired) electrons. The number of anilines is 1. The molecule has 2 N–H and O–H groups in total. The van der Waals surface area contributed by atoms with E-state index in [0.717, 1.165) is 18.2 Å². The van der Waals surface area contributed by atoms with Gasteiger partial charge in [0, 0.05) is 12.2 Å². The summed E-state index contributed by atoms with van der Waals surface area (Å²) in [5.74, 6) is 1.80. The van der Waals surface area contributed by atoms with Crippen LogP contribution >= 0.6 is 0 Å².